The molecule has 1 aromatic heterocycles. The van der Waals surface area contributed by atoms with Gasteiger partial charge in [-0.25, -0.2) is 0 Å². The van der Waals surface area contributed by atoms with Crippen LogP contribution in [-0.4, -0.2) is 33.1 Å². The molecule has 2 atom stereocenters. The Balaban J connectivity index is 2.18. The van der Waals surface area contributed by atoms with Gasteiger partial charge in [-0.3, -0.25) is 4.68 Å². The fourth-order valence-corrected chi connectivity index (χ4v) is 3.49. The molecule has 1 fully saturated rings. The second kappa shape index (κ2) is 5.63. The summed E-state index contributed by atoms with van der Waals surface area (Å²) in [5.41, 5.74) is 2.17. The van der Waals surface area contributed by atoms with Gasteiger partial charge in [0.1, 0.15) is 0 Å². The third kappa shape index (κ3) is 3.18. The van der Waals surface area contributed by atoms with Crippen molar-refractivity contribution in [1.29, 1.82) is 0 Å². The highest BCUT2D eigenvalue weighted by Gasteiger charge is 2.37. The molecule has 1 heterocycles. The van der Waals surface area contributed by atoms with Gasteiger partial charge in [0.2, 0.25) is 0 Å². The zero-order valence-electron chi connectivity index (χ0n) is 12.6. The summed E-state index contributed by atoms with van der Waals surface area (Å²) in [7, 11) is 0. The molecule has 0 aromatic carbocycles. The van der Waals surface area contributed by atoms with Gasteiger partial charge in [-0.15, -0.1) is 0 Å². The Morgan fingerprint density at radius 1 is 1.53 bits per heavy atom. The molecule has 4 heteroatoms. The second-order valence-electron chi connectivity index (χ2n) is 6.36. The van der Waals surface area contributed by atoms with Crippen molar-refractivity contribution >= 4 is 0 Å². The summed E-state index contributed by atoms with van der Waals surface area (Å²) in [6.07, 6.45) is 4.31. The molecular formula is C15H27N3O. The van der Waals surface area contributed by atoms with Crippen molar-refractivity contribution < 1.29 is 5.11 Å². The van der Waals surface area contributed by atoms with E-state index in [-0.39, 0.29) is 12.1 Å². The van der Waals surface area contributed by atoms with E-state index >= 15 is 0 Å². The summed E-state index contributed by atoms with van der Waals surface area (Å²) in [5.74, 6) is 0. The summed E-state index contributed by atoms with van der Waals surface area (Å²) in [4.78, 5) is 0. The Labute approximate surface area is 116 Å². The van der Waals surface area contributed by atoms with Crippen LogP contribution in [0.3, 0.4) is 0 Å². The maximum Gasteiger partial charge on any atom is 0.0614 e. The van der Waals surface area contributed by atoms with Gasteiger partial charge in [0.25, 0.3) is 0 Å². The zero-order chi connectivity index (χ0) is 14.0. The van der Waals surface area contributed by atoms with E-state index in [0.29, 0.717) is 12.1 Å². The van der Waals surface area contributed by atoms with Crippen molar-refractivity contribution in [3.63, 3.8) is 0 Å². The van der Waals surface area contributed by atoms with Crippen LogP contribution in [0.15, 0.2) is 6.07 Å². The summed E-state index contributed by atoms with van der Waals surface area (Å²) < 4.78 is 2.15. The van der Waals surface area contributed by atoms with Crippen molar-refractivity contribution in [3.8, 4) is 0 Å². The molecule has 19 heavy (non-hydrogen) atoms. The Morgan fingerprint density at radius 2 is 2.26 bits per heavy atom. The van der Waals surface area contributed by atoms with E-state index in [4.69, 9.17) is 0 Å². The molecule has 2 rings (SSSR count). The van der Waals surface area contributed by atoms with Crippen LogP contribution in [0.2, 0.25) is 0 Å². The van der Waals surface area contributed by atoms with Gasteiger partial charge in [-0.2, -0.15) is 5.10 Å². The van der Waals surface area contributed by atoms with Gasteiger partial charge in [-0.1, -0.05) is 13.8 Å². The molecule has 0 bridgehead atoms. The molecule has 0 aliphatic heterocycles. The summed E-state index contributed by atoms with van der Waals surface area (Å²) >= 11 is 0. The smallest absolute Gasteiger partial charge is 0.0614 e. The first kappa shape index (κ1) is 14.5. The predicted molar refractivity (Wildman–Crippen MR) is 77.3 cm³/mol. The zero-order valence-corrected chi connectivity index (χ0v) is 12.6. The Morgan fingerprint density at radius 3 is 2.79 bits per heavy atom. The molecule has 1 aliphatic carbocycles. The van der Waals surface area contributed by atoms with Gasteiger partial charge < -0.3 is 10.4 Å². The van der Waals surface area contributed by atoms with Crippen molar-refractivity contribution in [2.24, 2.45) is 0 Å². The van der Waals surface area contributed by atoms with Crippen LogP contribution in [0.5, 0.6) is 0 Å². The maximum absolute atomic E-state index is 9.84. The van der Waals surface area contributed by atoms with Crippen LogP contribution in [0.1, 0.15) is 57.0 Å². The SMILES string of the molecule is Cc1cc(C)n(C2CCCC(CO)(NC(C)C)C2)n1. The standard InChI is InChI=1S/C15H27N3O/c1-11(2)16-15(10-19)7-5-6-14(9-15)18-13(4)8-12(3)17-18/h8,11,14,16,19H,5-7,9-10H2,1-4H3. The first-order valence-electron chi connectivity index (χ1n) is 7.37. The minimum Gasteiger partial charge on any atom is -0.394 e. The Kier molecular flexibility index (Phi) is 4.31. The molecular weight excluding hydrogens is 238 g/mol. The quantitative estimate of drug-likeness (QED) is 0.878. The lowest BCUT2D eigenvalue weighted by Gasteiger charge is -2.42. The van der Waals surface area contributed by atoms with E-state index in [0.717, 1.165) is 31.4 Å². The van der Waals surface area contributed by atoms with E-state index in [1.54, 1.807) is 0 Å². The lowest BCUT2D eigenvalue weighted by molar-refractivity contribution is 0.0867. The van der Waals surface area contributed by atoms with Crippen LogP contribution in [0.25, 0.3) is 0 Å². The largest absolute Gasteiger partial charge is 0.394 e. The average Bonchev–Trinajstić information content (AvgIpc) is 2.68. The minimum absolute atomic E-state index is 0.136. The third-order valence-corrected chi connectivity index (χ3v) is 4.11. The fraction of sp³-hybridized carbons (Fsp3) is 0.800. The molecule has 4 nitrogen and oxygen atoms in total. The van der Waals surface area contributed by atoms with Gasteiger partial charge in [0, 0.05) is 17.3 Å². The van der Waals surface area contributed by atoms with E-state index < -0.39 is 0 Å². The highest BCUT2D eigenvalue weighted by molar-refractivity contribution is 5.09. The summed E-state index contributed by atoms with van der Waals surface area (Å²) in [5, 5.41) is 18.0. The van der Waals surface area contributed by atoms with Crippen LogP contribution in [0, 0.1) is 13.8 Å². The van der Waals surface area contributed by atoms with Crippen LogP contribution in [-0.2, 0) is 0 Å². The van der Waals surface area contributed by atoms with Crippen molar-refractivity contribution in [2.75, 3.05) is 6.61 Å². The number of hydrogen-bond donors (Lipinski definition) is 2. The number of rotatable bonds is 4. The topological polar surface area (TPSA) is 50.1 Å². The lowest BCUT2D eigenvalue weighted by atomic mass is 9.79. The average molecular weight is 265 g/mol. The molecule has 108 valence electrons. The summed E-state index contributed by atoms with van der Waals surface area (Å²) in [6, 6.07) is 2.93. The predicted octanol–water partition coefficient (Wildman–Crippen LogP) is 2.34. The molecule has 0 amide bonds. The molecule has 0 spiro atoms. The number of nitrogens with zero attached hydrogens (tertiary/aromatic N) is 2. The first-order valence-corrected chi connectivity index (χ1v) is 7.37. The molecule has 1 saturated carbocycles. The number of aliphatic hydroxyl groups excluding tert-OH is 1. The number of hydrogen-bond acceptors (Lipinski definition) is 3. The molecule has 2 unspecified atom stereocenters. The van der Waals surface area contributed by atoms with E-state index in [2.05, 4.69) is 41.9 Å². The fourth-order valence-electron chi connectivity index (χ4n) is 3.49. The monoisotopic (exact) mass is 265 g/mol. The number of aliphatic hydroxyl groups is 1. The normalized spacial score (nSPS) is 28.0. The third-order valence-electron chi connectivity index (χ3n) is 4.11. The highest BCUT2D eigenvalue weighted by Crippen LogP contribution is 2.36. The van der Waals surface area contributed by atoms with Gasteiger partial charge in [0.05, 0.1) is 18.3 Å². The lowest BCUT2D eigenvalue weighted by Crippen LogP contribution is -2.54. The van der Waals surface area contributed by atoms with Crippen LogP contribution < -0.4 is 5.32 Å². The Bertz CT molecular complexity index is 427. The van der Waals surface area contributed by atoms with E-state index in [1.807, 2.05) is 6.92 Å². The number of aryl methyl sites for hydroxylation is 2. The first-order chi connectivity index (χ1) is 8.96. The van der Waals surface area contributed by atoms with Crippen molar-refractivity contribution in [3.05, 3.63) is 17.5 Å². The number of aromatic nitrogens is 2. The second-order valence-corrected chi connectivity index (χ2v) is 6.36. The van der Waals surface area contributed by atoms with Gasteiger partial charge in [-0.05, 0) is 45.6 Å². The van der Waals surface area contributed by atoms with Crippen molar-refractivity contribution in [2.45, 2.75) is 71.0 Å². The van der Waals surface area contributed by atoms with E-state index in [1.165, 1.54) is 5.69 Å². The molecule has 2 N–H and O–H groups in total. The maximum atomic E-state index is 9.84. The van der Waals surface area contributed by atoms with E-state index in [9.17, 15) is 5.11 Å². The number of nitrogens with one attached hydrogen (secondary N) is 1. The molecule has 1 aliphatic rings. The van der Waals surface area contributed by atoms with Crippen molar-refractivity contribution in [1.82, 2.24) is 15.1 Å². The molecule has 0 saturated heterocycles. The molecule has 1 aromatic rings. The minimum atomic E-state index is -0.136. The van der Waals surface area contributed by atoms with Crippen LogP contribution in [0.4, 0.5) is 0 Å². The van der Waals surface area contributed by atoms with Gasteiger partial charge in [0.15, 0.2) is 0 Å². The highest BCUT2D eigenvalue weighted by atomic mass is 16.3. The van der Waals surface area contributed by atoms with Gasteiger partial charge >= 0.3 is 0 Å². The summed E-state index contributed by atoms with van der Waals surface area (Å²) in [6.45, 7) is 8.65. The molecule has 0 radical (unpaired) electrons. The Hall–Kier alpha value is -0.870. The van der Waals surface area contributed by atoms with Crippen LogP contribution >= 0.6 is 0 Å².